The molecule has 1 aliphatic rings. The van der Waals surface area contributed by atoms with Gasteiger partial charge in [0.2, 0.25) is 10.0 Å². The average molecular weight is 250 g/mol. The van der Waals surface area contributed by atoms with Crippen molar-refractivity contribution in [2.24, 2.45) is 11.1 Å². The molecule has 1 rings (SSSR count). The van der Waals surface area contributed by atoms with Crippen molar-refractivity contribution < 1.29 is 18.4 Å². The van der Waals surface area contributed by atoms with Crippen LogP contribution in [0.1, 0.15) is 13.3 Å². The van der Waals surface area contributed by atoms with Crippen molar-refractivity contribution in [3.05, 3.63) is 0 Å². The highest BCUT2D eigenvalue weighted by Gasteiger charge is 2.30. The fourth-order valence-electron chi connectivity index (χ4n) is 1.71. The minimum absolute atomic E-state index is 0.00181. The molecule has 7 heteroatoms. The number of nitrogens with zero attached hydrogens (tertiary/aromatic N) is 2. The minimum atomic E-state index is -3.24. The molecule has 94 valence electrons. The van der Waals surface area contributed by atoms with E-state index in [9.17, 15) is 8.42 Å². The Balaban J connectivity index is 2.64. The molecule has 0 aromatic rings. The Labute approximate surface area is 95.9 Å². The van der Waals surface area contributed by atoms with Crippen LogP contribution in [0.3, 0.4) is 0 Å². The monoisotopic (exact) mass is 250 g/mol. The Morgan fingerprint density at radius 3 is 2.81 bits per heavy atom. The summed E-state index contributed by atoms with van der Waals surface area (Å²) in [7, 11) is -1.76. The van der Waals surface area contributed by atoms with Gasteiger partial charge in [0.05, 0.1) is 18.1 Å². The Morgan fingerprint density at radius 2 is 2.31 bits per heavy atom. The lowest BCUT2D eigenvalue weighted by Crippen LogP contribution is -2.44. The zero-order valence-corrected chi connectivity index (χ0v) is 10.4. The summed E-state index contributed by atoms with van der Waals surface area (Å²) in [6.07, 6.45) is 0.490. The van der Waals surface area contributed by atoms with Crippen LogP contribution in [0.2, 0.25) is 0 Å². The Morgan fingerprint density at radius 1 is 1.62 bits per heavy atom. The molecule has 0 bridgehead atoms. The van der Waals surface area contributed by atoms with Crippen molar-refractivity contribution in [2.75, 3.05) is 32.6 Å². The number of sulfonamides is 1. The molecular formula is C9H18N2O4S. The van der Waals surface area contributed by atoms with E-state index in [1.54, 1.807) is 0 Å². The Hall–Kier alpha value is -0.660. The van der Waals surface area contributed by atoms with Crippen LogP contribution in [0.4, 0.5) is 0 Å². The summed E-state index contributed by atoms with van der Waals surface area (Å²) in [6, 6.07) is 0. The molecule has 0 radical (unpaired) electrons. The third kappa shape index (κ3) is 3.16. The molecule has 0 spiro atoms. The number of methoxy groups -OCH3 is 1. The summed E-state index contributed by atoms with van der Waals surface area (Å²) >= 11 is 0. The van der Waals surface area contributed by atoms with E-state index in [0.29, 0.717) is 25.2 Å². The van der Waals surface area contributed by atoms with E-state index >= 15 is 0 Å². The topological polar surface area (TPSA) is 79.2 Å². The van der Waals surface area contributed by atoms with Crippen LogP contribution in [0, 0.1) is 5.92 Å². The molecule has 1 atom stereocenters. The van der Waals surface area contributed by atoms with E-state index < -0.39 is 10.0 Å². The van der Waals surface area contributed by atoms with E-state index in [2.05, 4.69) is 5.16 Å². The van der Waals surface area contributed by atoms with E-state index in [1.165, 1.54) is 11.4 Å². The smallest absolute Gasteiger partial charge is 0.216 e. The summed E-state index contributed by atoms with van der Waals surface area (Å²) < 4.78 is 29.9. The first-order valence-corrected chi connectivity index (χ1v) is 6.79. The first-order chi connectivity index (χ1) is 7.51. The van der Waals surface area contributed by atoms with E-state index in [1.807, 2.05) is 6.92 Å². The fraction of sp³-hybridized carbons (Fsp3) is 0.889. The molecule has 0 aromatic heterocycles. The third-order valence-corrected chi connectivity index (χ3v) is 4.53. The van der Waals surface area contributed by atoms with Gasteiger partial charge in [-0.15, -0.1) is 0 Å². The summed E-state index contributed by atoms with van der Waals surface area (Å²) in [5.74, 6) is -0.0296. The zero-order valence-electron chi connectivity index (χ0n) is 9.59. The average Bonchev–Trinajstić information content (AvgIpc) is 2.26. The molecule has 6 nitrogen and oxygen atoms in total. The van der Waals surface area contributed by atoms with Gasteiger partial charge in [0, 0.05) is 32.5 Å². The predicted molar refractivity (Wildman–Crippen MR) is 60.2 cm³/mol. The summed E-state index contributed by atoms with van der Waals surface area (Å²) in [6.45, 7) is 2.82. The first kappa shape index (κ1) is 13.4. The van der Waals surface area contributed by atoms with Gasteiger partial charge in [0.15, 0.2) is 0 Å². The molecule has 1 N–H and O–H groups in total. The molecule has 16 heavy (non-hydrogen) atoms. The van der Waals surface area contributed by atoms with Crippen LogP contribution in [0.25, 0.3) is 0 Å². The van der Waals surface area contributed by atoms with Crippen molar-refractivity contribution in [1.29, 1.82) is 0 Å². The van der Waals surface area contributed by atoms with Gasteiger partial charge < -0.3 is 9.94 Å². The van der Waals surface area contributed by atoms with Crippen LogP contribution in [0.5, 0.6) is 0 Å². The maximum Gasteiger partial charge on any atom is 0.216 e. The van der Waals surface area contributed by atoms with Gasteiger partial charge in [-0.25, -0.2) is 12.7 Å². The molecule has 0 amide bonds. The van der Waals surface area contributed by atoms with Crippen LogP contribution in [-0.2, 0) is 14.8 Å². The van der Waals surface area contributed by atoms with Gasteiger partial charge in [0.1, 0.15) is 0 Å². The van der Waals surface area contributed by atoms with E-state index in [-0.39, 0.29) is 18.3 Å². The van der Waals surface area contributed by atoms with Crippen molar-refractivity contribution in [1.82, 2.24) is 4.31 Å². The van der Waals surface area contributed by atoms with Crippen molar-refractivity contribution in [3.63, 3.8) is 0 Å². The van der Waals surface area contributed by atoms with E-state index in [0.717, 1.165) is 0 Å². The van der Waals surface area contributed by atoms with Gasteiger partial charge in [0.25, 0.3) is 0 Å². The van der Waals surface area contributed by atoms with Crippen molar-refractivity contribution in [2.45, 2.75) is 13.3 Å². The highest BCUT2D eigenvalue weighted by atomic mass is 32.2. The molecule has 0 aliphatic carbocycles. The van der Waals surface area contributed by atoms with Gasteiger partial charge in [-0.2, -0.15) is 0 Å². The lowest BCUT2D eigenvalue weighted by molar-refractivity contribution is 0.215. The molecule has 0 saturated carbocycles. The second-order valence-corrected chi connectivity index (χ2v) is 6.00. The van der Waals surface area contributed by atoms with Gasteiger partial charge in [-0.05, 0) is 0 Å². The highest BCUT2D eigenvalue weighted by molar-refractivity contribution is 7.89. The largest absolute Gasteiger partial charge is 0.411 e. The predicted octanol–water partition coefficient (Wildman–Crippen LogP) is 0.135. The Kier molecular flexibility index (Phi) is 4.69. The second-order valence-electron chi connectivity index (χ2n) is 3.91. The Bertz CT molecular complexity index is 353. The first-order valence-electron chi connectivity index (χ1n) is 5.19. The van der Waals surface area contributed by atoms with Crippen LogP contribution < -0.4 is 0 Å². The number of hydrogen-bond acceptors (Lipinski definition) is 5. The third-order valence-electron chi connectivity index (χ3n) is 2.73. The molecular weight excluding hydrogens is 232 g/mol. The van der Waals surface area contributed by atoms with E-state index in [4.69, 9.17) is 9.94 Å². The second kappa shape index (κ2) is 5.60. The number of rotatable bonds is 4. The molecule has 1 heterocycles. The fourth-order valence-corrected chi connectivity index (χ4v) is 3.16. The van der Waals surface area contributed by atoms with Crippen molar-refractivity contribution >= 4 is 15.7 Å². The summed E-state index contributed by atoms with van der Waals surface area (Å²) in [5, 5.41) is 11.9. The molecule has 1 saturated heterocycles. The van der Waals surface area contributed by atoms with Crippen LogP contribution in [0.15, 0.2) is 5.16 Å². The summed E-state index contributed by atoms with van der Waals surface area (Å²) in [5.41, 5.74) is 0.665. The number of piperidine rings is 1. The van der Waals surface area contributed by atoms with Crippen molar-refractivity contribution in [3.8, 4) is 0 Å². The number of hydrogen-bond donors (Lipinski definition) is 1. The van der Waals surface area contributed by atoms with Gasteiger partial charge in [-0.1, -0.05) is 12.1 Å². The number of ether oxygens (including phenoxy) is 1. The quantitative estimate of drug-likeness (QED) is 0.568. The molecule has 1 unspecified atom stereocenters. The normalized spacial score (nSPS) is 26.1. The maximum absolute atomic E-state index is 11.8. The van der Waals surface area contributed by atoms with Crippen LogP contribution in [-0.4, -0.2) is 56.2 Å². The number of oxime groups is 1. The minimum Gasteiger partial charge on any atom is -0.411 e. The SMILES string of the molecule is COCCS(=O)(=O)N1CCC(=NO)C(C)C1. The van der Waals surface area contributed by atoms with Gasteiger partial charge >= 0.3 is 0 Å². The molecule has 0 aromatic carbocycles. The lowest BCUT2D eigenvalue weighted by Gasteiger charge is -2.30. The maximum atomic E-state index is 11.8. The lowest BCUT2D eigenvalue weighted by atomic mass is 10.00. The summed E-state index contributed by atoms with van der Waals surface area (Å²) in [4.78, 5) is 0. The molecule has 1 fully saturated rings. The van der Waals surface area contributed by atoms with Gasteiger partial charge in [-0.3, -0.25) is 0 Å². The standard InChI is InChI=1S/C9H18N2O4S/c1-8-7-11(4-3-9(8)10-12)16(13,14)6-5-15-2/h8,12H,3-7H2,1-2H3. The zero-order chi connectivity index (χ0) is 12.2. The highest BCUT2D eigenvalue weighted by Crippen LogP contribution is 2.17. The van der Waals surface area contributed by atoms with Crippen LogP contribution >= 0.6 is 0 Å². The molecule has 1 aliphatic heterocycles.